The fourth-order valence-electron chi connectivity index (χ4n) is 12.6. The van der Waals surface area contributed by atoms with Crippen molar-refractivity contribution in [3.05, 3.63) is 0 Å². The third kappa shape index (κ3) is 14.5. The van der Waals surface area contributed by atoms with Gasteiger partial charge in [0.05, 0.1) is 76.9 Å². The Bertz CT molecular complexity index is 1510. The van der Waals surface area contributed by atoms with Crippen molar-refractivity contribution in [1.82, 2.24) is 10.6 Å². The standard InChI is InChI=1S/2C9H16O2.C8H13NO2.C8H15NO.C8H14O3S.C8H14O2/c1-7-2-8-4-11-6-9(8)5-10-3-7;1-7-4-10-3-2-8-5-11-6-9(7)8;1-5-3-11-4-7-6(5)2-9-8(7)10;1-6-4-10-5-7-2-9-3-8(6)7;1-6-2-11-3-7-4-12(9,10)5-8(6)7;1-6-2-9-3-7-4-10-5-8(6)7/h2*7-9H,2-6H2,1H3;5-7H,2-4H2,1H3,(H,9,10);6-9H,2-5H2,1H3;6-8H,2-5H2,1H3;6-8H,2-5H2,1H3. The molecule has 14 nitrogen and oxygen atoms in total. The van der Waals surface area contributed by atoms with E-state index in [0.29, 0.717) is 72.1 Å². The Morgan fingerprint density at radius 1 is 0.415 bits per heavy atom. The second-order valence-corrected chi connectivity index (χ2v) is 24.5. The van der Waals surface area contributed by atoms with Crippen molar-refractivity contribution >= 4 is 15.7 Å². The summed E-state index contributed by atoms with van der Waals surface area (Å²) < 4.78 is 71.4. The van der Waals surface area contributed by atoms with Crippen molar-refractivity contribution in [2.45, 2.75) is 54.4 Å². The highest BCUT2D eigenvalue weighted by molar-refractivity contribution is 7.91. The molecule has 12 rings (SSSR count). The normalized spacial score (nSPS) is 45.5. The van der Waals surface area contributed by atoms with Gasteiger partial charge in [0, 0.05) is 90.3 Å². The zero-order valence-electron chi connectivity index (χ0n) is 40.9. The molecular weight excluding hydrogens is 853 g/mol. The summed E-state index contributed by atoms with van der Waals surface area (Å²) in [7, 11) is -2.74. The van der Waals surface area contributed by atoms with Crippen LogP contribution in [0, 0.1) is 107 Å². The minimum Gasteiger partial charge on any atom is -0.381 e. The van der Waals surface area contributed by atoms with Gasteiger partial charge in [0.25, 0.3) is 0 Å². The van der Waals surface area contributed by atoms with Gasteiger partial charge in [-0.25, -0.2) is 8.42 Å². The first-order valence-corrected chi connectivity index (χ1v) is 27.6. The van der Waals surface area contributed by atoms with Crippen LogP contribution in [0.4, 0.5) is 0 Å². The van der Waals surface area contributed by atoms with E-state index in [1.807, 2.05) is 0 Å². The molecule has 0 aromatic carbocycles. The van der Waals surface area contributed by atoms with Crippen molar-refractivity contribution in [2.24, 2.45) is 107 Å². The number of hydrogen-bond donors (Lipinski definition) is 2. The van der Waals surface area contributed by atoms with Crippen molar-refractivity contribution in [3.8, 4) is 0 Å². The first-order chi connectivity index (χ1) is 31.4. The fraction of sp³-hybridized carbons (Fsp3) is 0.980. The summed E-state index contributed by atoms with van der Waals surface area (Å²) in [5.41, 5.74) is 0. The van der Waals surface area contributed by atoms with Gasteiger partial charge in [0.1, 0.15) is 0 Å². The molecule has 0 spiro atoms. The van der Waals surface area contributed by atoms with E-state index in [4.69, 9.17) is 42.6 Å². The van der Waals surface area contributed by atoms with Crippen LogP contribution in [0.1, 0.15) is 54.4 Å². The van der Waals surface area contributed by atoms with Gasteiger partial charge in [0.2, 0.25) is 5.91 Å². The average Bonchev–Trinajstić information content (AvgIpc) is 4.16. The number of sulfone groups is 1. The summed E-state index contributed by atoms with van der Waals surface area (Å²) in [5, 5.41) is 6.29. The number of amides is 1. The van der Waals surface area contributed by atoms with Gasteiger partial charge in [-0.15, -0.1) is 0 Å². The molecule has 12 aliphatic heterocycles. The minimum absolute atomic E-state index is 0.138. The predicted molar refractivity (Wildman–Crippen MR) is 248 cm³/mol. The zero-order valence-corrected chi connectivity index (χ0v) is 41.7. The van der Waals surface area contributed by atoms with Crippen molar-refractivity contribution in [1.29, 1.82) is 0 Å². The maximum Gasteiger partial charge on any atom is 0.225 e. The molecule has 0 aliphatic carbocycles. The molecule has 18 unspecified atom stereocenters. The zero-order chi connectivity index (χ0) is 45.9. The molecule has 12 fully saturated rings. The molecule has 0 saturated carbocycles. The van der Waals surface area contributed by atoms with E-state index in [0.717, 1.165) is 160 Å². The lowest BCUT2D eigenvalue weighted by molar-refractivity contribution is -0.127. The van der Waals surface area contributed by atoms with Gasteiger partial charge < -0.3 is 53.3 Å². The number of carbonyl (C=O) groups excluding carboxylic acids is 1. The van der Waals surface area contributed by atoms with Crippen molar-refractivity contribution < 1.29 is 55.8 Å². The maximum atomic E-state index is 11.3. The molecule has 2 N–H and O–H groups in total. The number of ether oxygens (including phenoxy) is 9. The molecule has 0 aromatic rings. The van der Waals surface area contributed by atoms with Crippen LogP contribution >= 0.6 is 0 Å². The molecular formula is C50H88N2O12S. The SMILES string of the molecule is CC1COCC2C(=O)NCC12.CC1COCC2CNCC12.CC1COCC2COCC12.CC1COCC2COCC2C1.CC1COCC2CS(=O)(=O)CC12.CC1COCCC2COCC12. The van der Waals surface area contributed by atoms with Gasteiger partial charge in [-0.3, -0.25) is 4.79 Å². The molecule has 0 bridgehead atoms. The quantitative estimate of drug-likeness (QED) is 0.354. The van der Waals surface area contributed by atoms with E-state index < -0.39 is 9.84 Å². The number of hydrogen-bond acceptors (Lipinski definition) is 13. The number of rotatable bonds is 0. The Hall–Kier alpha value is -0.980. The van der Waals surface area contributed by atoms with Gasteiger partial charge in [0.15, 0.2) is 9.84 Å². The third-order valence-corrected chi connectivity index (χ3v) is 18.9. The second-order valence-electron chi connectivity index (χ2n) is 22.4. The monoisotopic (exact) mass is 941 g/mol. The first-order valence-electron chi connectivity index (χ1n) is 25.7. The summed E-state index contributed by atoms with van der Waals surface area (Å²) in [4.78, 5) is 11.2. The van der Waals surface area contributed by atoms with Crippen LogP contribution in [-0.4, -0.2) is 164 Å². The lowest BCUT2D eigenvalue weighted by Crippen LogP contribution is -2.34. The lowest BCUT2D eigenvalue weighted by Gasteiger charge is -2.30. The maximum absolute atomic E-state index is 11.3. The molecule has 15 heteroatoms. The Morgan fingerprint density at radius 3 is 1.55 bits per heavy atom. The van der Waals surface area contributed by atoms with E-state index in [1.165, 1.54) is 25.9 Å². The van der Waals surface area contributed by atoms with E-state index >= 15 is 0 Å². The molecule has 12 aliphatic rings. The molecule has 12 saturated heterocycles. The van der Waals surface area contributed by atoms with E-state index in [-0.39, 0.29) is 17.7 Å². The van der Waals surface area contributed by atoms with Crippen molar-refractivity contribution in [3.63, 3.8) is 0 Å². The molecule has 18 atom stereocenters. The highest BCUT2D eigenvalue weighted by Gasteiger charge is 2.43. The van der Waals surface area contributed by atoms with E-state index in [2.05, 4.69) is 52.2 Å². The first kappa shape index (κ1) is 51.9. The fourth-order valence-corrected chi connectivity index (χ4v) is 14.9. The van der Waals surface area contributed by atoms with Crippen LogP contribution in [-0.2, 0) is 57.3 Å². The Morgan fingerprint density at radius 2 is 0.908 bits per heavy atom. The molecule has 65 heavy (non-hydrogen) atoms. The Balaban J connectivity index is 0.000000116. The molecule has 12 heterocycles. The topological polar surface area (TPSA) is 158 Å². The van der Waals surface area contributed by atoms with Crippen LogP contribution in [0.2, 0.25) is 0 Å². The van der Waals surface area contributed by atoms with Crippen LogP contribution in [0.5, 0.6) is 0 Å². The Kier molecular flexibility index (Phi) is 20.1. The van der Waals surface area contributed by atoms with E-state index in [1.54, 1.807) is 0 Å². The third-order valence-electron chi connectivity index (χ3n) is 17.0. The minimum atomic E-state index is -2.74. The Labute approximate surface area is 391 Å². The number of nitrogens with one attached hydrogen (secondary N) is 2. The lowest BCUT2D eigenvalue weighted by atomic mass is 9.84. The summed E-state index contributed by atoms with van der Waals surface area (Å²) in [6.45, 7) is 32.7. The van der Waals surface area contributed by atoms with Gasteiger partial charge in [-0.2, -0.15) is 0 Å². The largest absolute Gasteiger partial charge is 0.381 e. The summed E-state index contributed by atoms with van der Waals surface area (Å²) in [6, 6.07) is 0. The smallest absolute Gasteiger partial charge is 0.225 e. The van der Waals surface area contributed by atoms with Gasteiger partial charge >= 0.3 is 0 Å². The molecule has 1 amide bonds. The van der Waals surface area contributed by atoms with Crippen LogP contribution < -0.4 is 10.6 Å². The summed E-state index contributed by atoms with van der Waals surface area (Å²) >= 11 is 0. The van der Waals surface area contributed by atoms with Crippen LogP contribution in [0.3, 0.4) is 0 Å². The van der Waals surface area contributed by atoms with Crippen LogP contribution in [0.25, 0.3) is 0 Å². The van der Waals surface area contributed by atoms with Gasteiger partial charge in [-0.05, 0) is 102 Å². The number of carbonyl (C=O) groups is 1. The highest BCUT2D eigenvalue weighted by Crippen LogP contribution is 2.36. The van der Waals surface area contributed by atoms with Crippen molar-refractivity contribution in [2.75, 3.05) is 150 Å². The van der Waals surface area contributed by atoms with Gasteiger partial charge in [-0.1, -0.05) is 41.5 Å². The predicted octanol–water partition coefficient (Wildman–Crippen LogP) is 4.34. The summed E-state index contributed by atoms with van der Waals surface area (Å²) in [6.07, 6.45) is 2.50. The molecule has 0 radical (unpaired) electrons. The average molecular weight is 941 g/mol. The van der Waals surface area contributed by atoms with Crippen LogP contribution in [0.15, 0.2) is 0 Å². The molecule has 376 valence electrons. The number of fused-ring (bicyclic) bond motifs is 6. The second kappa shape index (κ2) is 25.2. The highest BCUT2D eigenvalue weighted by atomic mass is 32.2. The van der Waals surface area contributed by atoms with E-state index in [9.17, 15) is 13.2 Å². The molecule has 0 aromatic heterocycles. The summed E-state index contributed by atoms with van der Waals surface area (Å²) in [5.74, 6) is 12.3.